The Hall–Kier alpha value is -3.35. The van der Waals surface area contributed by atoms with Gasteiger partial charge in [-0.2, -0.15) is 0 Å². The van der Waals surface area contributed by atoms with Crippen molar-refractivity contribution in [2.75, 3.05) is 13.2 Å². The monoisotopic (exact) mass is 594 g/mol. The van der Waals surface area contributed by atoms with Crippen molar-refractivity contribution in [3.05, 3.63) is 52.7 Å². The van der Waals surface area contributed by atoms with E-state index < -0.39 is 97.3 Å². The molecule has 10 atom stereocenters. The lowest BCUT2D eigenvalue weighted by Crippen LogP contribution is -2.65. The zero-order chi connectivity index (χ0) is 30.3. The molecule has 2 saturated heterocycles. The van der Waals surface area contributed by atoms with E-state index in [2.05, 4.69) is 0 Å². The van der Waals surface area contributed by atoms with Crippen molar-refractivity contribution in [2.24, 2.45) is 0 Å². The molecule has 0 saturated carbocycles. The highest BCUT2D eigenvalue weighted by Crippen LogP contribution is 2.43. The molecule has 0 aliphatic carbocycles. The molecule has 3 aromatic rings. The van der Waals surface area contributed by atoms with Crippen LogP contribution in [0.2, 0.25) is 0 Å². The van der Waals surface area contributed by atoms with Gasteiger partial charge in [-0.3, -0.25) is 4.79 Å². The van der Waals surface area contributed by atoms with Crippen LogP contribution in [0.5, 0.6) is 17.2 Å². The van der Waals surface area contributed by atoms with Crippen molar-refractivity contribution >= 4 is 11.0 Å². The van der Waals surface area contributed by atoms with E-state index in [0.717, 1.165) is 12.1 Å². The smallest absolute Gasteiger partial charge is 0.229 e. The van der Waals surface area contributed by atoms with Crippen LogP contribution < -0.4 is 10.2 Å². The Balaban J connectivity index is 1.40. The van der Waals surface area contributed by atoms with Crippen LogP contribution in [0, 0.1) is 0 Å². The molecule has 2 fully saturated rings. The third kappa shape index (κ3) is 5.43. The van der Waals surface area contributed by atoms with Crippen LogP contribution in [0.1, 0.15) is 0 Å². The van der Waals surface area contributed by atoms with Gasteiger partial charge in [0.15, 0.2) is 23.2 Å². The van der Waals surface area contributed by atoms with E-state index in [1.54, 1.807) is 30.3 Å². The van der Waals surface area contributed by atoms with Gasteiger partial charge in [0.2, 0.25) is 12.0 Å². The van der Waals surface area contributed by atoms with Gasteiger partial charge >= 0.3 is 0 Å². The van der Waals surface area contributed by atoms with Crippen molar-refractivity contribution in [3.8, 4) is 28.6 Å². The van der Waals surface area contributed by atoms with Gasteiger partial charge < -0.3 is 69.3 Å². The molecule has 228 valence electrons. The molecule has 1 aromatic heterocycles. The van der Waals surface area contributed by atoms with E-state index >= 15 is 0 Å². The first-order chi connectivity index (χ1) is 20.0. The number of benzene rings is 2. The maximum atomic E-state index is 12.7. The third-order valence-corrected chi connectivity index (χ3v) is 7.19. The van der Waals surface area contributed by atoms with Gasteiger partial charge in [-0.25, -0.2) is 0 Å². The van der Waals surface area contributed by atoms with Crippen LogP contribution in [0.25, 0.3) is 22.3 Å². The molecule has 0 amide bonds. The van der Waals surface area contributed by atoms with E-state index in [1.807, 2.05) is 0 Å². The topological polar surface area (TPSA) is 249 Å². The standard InChI is InChI=1S/C27H30O15/c28-8-15-19(32)21(34)23(36)27(40-15)42-25-16(9-29)41-26(24(37)22(25)35)39-14-7-13-17(20(33)18(14)31)11(30)6-12(38-13)10-4-2-1-3-5-10/h1-7,15-16,19,21-29,31-37H,8-9H2. The summed E-state index contributed by atoms with van der Waals surface area (Å²) in [6.07, 6.45) is -17.0. The molecule has 9 N–H and O–H groups in total. The fraction of sp³-hybridized carbons (Fsp3) is 0.444. The summed E-state index contributed by atoms with van der Waals surface area (Å²) in [5.41, 5.74) is -0.288. The van der Waals surface area contributed by atoms with Crippen LogP contribution in [0.4, 0.5) is 0 Å². The van der Waals surface area contributed by atoms with Crippen molar-refractivity contribution < 1.29 is 69.3 Å². The number of aromatic hydroxyl groups is 2. The highest BCUT2D eigenvalue weighted by molar-refractivity contribution is 5.89. The molecule has 0 bridgehead atoms. The van der Waals surface area contributed by atoms with Crippen LogP contribution in [-0.4, -0.2) is 121 Å². The first-order valence-corrected chi connectivity index (χ1v) is 12.9. The molecule has 10 unspecified atom stereocenters. The molecule has 15 nitrogen and oxygen atoms in total. The average Bonchev–Trinajstić information content (AvgIpc) is 2.99. The highest BCUT2D eigenvalue weighted by Gasteiger charge is 2.51. The fourth-order valence-corrected chi connectivity index (χ4v) is 4.88. The second-order valence-corrected chi connectivity index (χ2v) is 9.91. The summed E-state index contributed by atoms with van der Waals surface area (Å²) in [7, 11) is 0. The van der Waals surface area contributed by atoms with E-state index in [4.69, 9.17) is 23.4 Å². The number of rotatable bonds is 7. The lowest BCUT2D eigenvalue weighted by molar-refractivity contribution is -0.352. The van der Waals surface area contributed by atoms with Gasteiger partial charge in [0.05, 0.1) is 13.2 Å². The zero-order valence-corrected chi connectivity index (χ0v) is 21.7. The minimum Gasteiger partial charge on any atom is -0.504 e. The summed E-state index contributed by atoms with van der Waals surface area (Å²) in [6, 6.07) is 10.8. The largest absolute Gasteiger partial charge is 0.504 e. The lowest BCUT2D eigenvalue weighted by Gasteiger charge is -2.45. The molecule has 2 aliphatic rings. The molecule has 2 aromatic carbocycles. The van der Waals surface area contributed by atoms with E-state index in [-0.39, 0.29) is 16.7 Å². The average molecular weight is 595 g/mol. The Morgan fingerprint density at radius 2 is 1.38 bits per heavy atom. The van der Waals surface area contributed by atoms with Crippen molar-refractivity contribution in [3.63, 3.8) is 0 Å². The summed E-state index contributed by atoms with van der Waals surface area (Å²) in [4.78, 5) is 12.7. The number of aliphatic hydroxyl groups is 7. The van der Waals surface area contributed by atoms with Gasteiger partial charge in [-0.05, 0) is 0 Å². The van der Waals surface area contributed by atoms with Crippen molar-refractivity contribution in [1.82, 2.24) is 0 Å². The fourth-order valence-electron chi connectivity index (χ4n) is 4.88. The van der Waals surface area contributed by atoms with Crippen LogP contribution in [-0.2, 0) is 14.2 Å². The summed E-state index contributed by atoms with van der Waals surface area (Å²) in [6.45, 7) is -1.57. The second kappa shape index (κ2) is 12.1. The molecular formula is C27H30O15. The maximum absolute atomic E-state index is 12.7. The lowest BCUT2D eigenvalue weighted by atomic mass is 9.97. The summed E-state index contributed by atoms with van der Waals surface area (Å²) >= 11 is 0. The number of phenols is 2. The molecule has 5 rings (SSSR count). The Kier molecular flexibility index (Phi) is 8.68. The van der Waals surface area contributed by atoms with Crippen molar-refractivity contribution in [1.29, 1.82) is 0 Å². The first kappa shape index (κ1) is 30.1. The van der Waals surface area contributed by atoms with Crippen LogP contribution in [0.15, 0.2) is 51.7 Å². The predicted octanol–water partition coefficient (Wildman–Crippen LogP) is -2.13. The van der Waals surface area contributed by atoms with Crippen LogP contribution >= 0.6 is 0 Å². The number of hydrogen-bond donors (Lipinski definition) is 9. The molecule has 2 aliphatic heterocycles. The quantitative estimate of drug-likeness (QED) is 0.133. The summed E-state index contributed by atoms with van der Waals surface area (Å²) in [5.74, 6) is -2.12. The van der Waals surface area contributed by atoms with E-state index in [1.165, 1.54) is 0 Å². The summed E-state index contributed by atoms with van der Waals surface area (Å²) < 4.78 is 27.6. The third-order valence-electron chi connectivity index (χ3n) is 7.19. The van der Waals surface area contributed by atoms with E-state index in [9.17, 15) is 50.8 Å². The number of aliphatic hydroxyl groups excluding tert-OH is 7. The number of phenolic OH excluding ortho intramolecular Hbond substituents is 2. The number of fused-ring (bicyclic) bond motifs is 1. The van der Waals surface area contributed by atoms with E-state index in [0.29, 0.717) is 5.56 Å². The molecule has 3 heterocycles. The summed E-state index contributed by atoms with van der Waals surface area (Å²) in [5, 5.41) is 91.9. The minimum atomic E-state index is -1.93. The normalized spacial score (nSPS) is 33.5. The highest BCUT2D eigenvalue weighted by atomic mass is 16.7. The second-order valence-electron chi connectivity index (χ2n) is 9.91. The van der Waals surface area contributed by atoms with Crippen molar-refractivity contribution in [2.45, 2.75) is 61.4 Å². The molecule has 15 heteroatoms. The molecule has 0 spiro atoms. The van der Waals surface area contributed by atoms with Crippen LogP contribution in [0.3, 0.4) is 0 Å². The molecule has 42 heavy (non-hydrogen) atoms. The first-order valence-electron chi connectivity index (χ1n) is 12.9. The van der Waals surface area contributed by atoms with Gasteiger partial charge in [-0.1, -0.05) is 30.3 Å². The minimum absolute atomic E-state index is 0.155. The number of ether oxygens (including phenoxy) is 4. The molecular weight excluding hydrogens is 564 g/mol. The maximum Gasteiger partial charge on any atom is 0.229 e. The Labute approximate surface area is 236 Å². The van der Waals surface area contributed by atoms with Gasteiger partial charge in [0, 0.05) is 17.7 Å². The Morgan fingerprint density at radius 1 is 0.738 bits per heavy atom. The predicted molar refractivity (Wildman–Crippen MR) is 138 cm³/mol. The van der Waals surface area contributed by atoms with Gasteiger partial charge in [-0.15, -0.1) is 0 Å². The van der Waals surface area contributed by atoms with Gasteiger partial charge in [0.1, 0.15) is 65.6 Å². The Morgan fingerprint density at radius 3 is 2.05 bits per heavy atom. The Bertz CT molecular complexity index is 1440. The molecule has 0 radical (unpaired) electrons. The zero-order valence-electron chi connectivity index (χ0n) is 21.7. The number of hydrogen-bond acceptors (Lipinski definition) is 15. The SMILES string of the molecule is O=c1cc(-c2ccccc2)oc2cc(OC3OC(CO)C(OC4OC(CO)C(O)C(O)C4O)C(O)C3O)c(O)c(O)c12. The van der Waals surface area contributed by atoms with Gasteiger partial charge in [0.25, 0.3) is 0 Å².